The zero-order chi connectivity index (χ0) is 8.28. The Morgan fingerprint density at radius 1 is 1.45 bits per heavy atom. The Bertz CT molecular complexity index is 220. The van der Waals surface area contributed by atoms with Crippen molar-refractivity contribution in [2.75, 3.05) is 0 Å². The first-order chi connectivity index (χ1) is 5.00. The summed E-state index contributed by atoms with van der Waals surface area (Å²) in [5, 5.41) is 8.51. The topological polar surface area (TPSA) is 37.3 Å². The summed E-state index contributed by atoms with van der Waals surface area (Å²) in [7, 11) is 0. The van der Waals surface area contributed by atoms with Gasteiger partial charge in [-0.1, -0.05) is 0 Å². The highest BCUT2D eigenvalue weighted by Crippen LogP contribution is 2.72. The molecule has 1 spiro atoms. The van der Waals surface area contributed by atoms with Crippen LogP contribution >= 0.6 is 0 Å². The van der Waals surface area contributed by atoms with Crippen molar-refractivity contribution in [1.29, 1.82) is 0 Å². The first-order valence-corrected chi connectivity index (χ1v) is 3.60. The molecule has 0 radical (unpaired) electrons. The van der Waals surface area contributed by atoms with E-state index in [4.69, 9.17) is 5.11 Å². The maximum absolute atomic E-state index is 12.7. The van der Waals surface area contributed by atoms with Gasteiger partial charge in [0.25, 0.3) is 5.92 Å². The first-order valence-electron chi connectivity index (χ1n) is 3.60. The van der Waals surface area contributed by atoms with Crippen LogP contribution in [0.1, 0.15) is 19.3 Å². The molecule has 1 N–H and O–H groups in total. The molecule has 2 aliphatic carbocycles. The molecule has 0 amide bonds. The second-order valence-corrected chi connectivity index (χ2v) is 3.46. The van der Waals surface area contributed by atoms with E-state index in [0.717, 1.165) is 0 Å². The van der Waals surface area contributed by atoms with Gasteiger partial charge in [0, 0.05) is 11.8 Å². The van der Waals surface area contributed by atoms with E-state index >= 15 is 0 Å². The molecule has 62 valence electrons. The van der Waals surface area contributed by atoms with Crippen molar-refractivity contribution >= 4 is 5.97 Å². The first kappa shape index (κ1) is 7.00. The van der Waals surface area contributed by atoms with Crippen LogP contribution in [0.15, 0.2) is 0 Å². The number of rotatable bonds is 1. The third kappa shape index (κ3) is 0.625. The van der Waals surface area contributed by atoms with Crippen molar-refractivity contribution in [3.8, 4) is 0 Å². The van der Waals surface area contributed by atoms with Crippen LogP contribution < -0.4 is 0 Å². The molecule has 0 heterocycles. The van der Waals surface area contributed by atoms with E-state index in [0.29, 0.717) is 12.8 Å². The quantitative estimate of drug-likeness (QED) is 0.634. The smallest absolute Gasteiger partial charge is 0.307 e. The zero-order valence-electron chi connectivity index (χ0n) is 5.81. The summed E-state index contributed by atoms with van der Waals surface area (Å²) < 4.78 is 25.5. The minimum absolute atomic E-state index is 0.386. The third-order valence-electron chi connectivity index (χ3n) is 2.94. The van der Waals surface area contributed by atoms with Gasteiger partial charge in [0.1, 0.15) is 0 Å². The van der Waals surface area contributed by atoms with Gasteiger partial charge in [-0.15, -0.1) is 0 Å². The molecular formula is C7H8F2O2. The van der Waals surface area contributed by atoms with Crippen LogP contribution in [0.25, 0.3) is 0 Å². The standard InChI is InChI=1S/C7H8F2O2/c8-7(9)3-4(5(10)11)6(7)1-2-6/h4H,1-3H2,(H,10,11). The molecule has 1 atom stereocenters. The average Bonchev–Trinajstić information content (AvgIpc) is 2.61. The number of hydrogen-bond donors (Lipinski definition) is 1. The summed E-state index contributed by atoms with van der Waals surface area (Å²) in [4.78, 5) is 10.4. The maximum Gasteiger partial charge on any atom is 0.307 e. The SMILES string of the molecule is O=C(O)C1CC(F)(F)C12CC2. The number of carboxylic acids is 1. The van der Waals surface area contributed by atoms with E-state index in [-0.39, 0.29) is 0 Å². The maximum atomic E-state index is 12.7. The molecule has 11 heavy (non-hydrogen) atoms. The zero-order valence-corrected chi connectivity index (χ0v) is 5.81. The van der Waals surface area contributed by atoms with Crippen molar-refractivity contribution in [3.05, 3.63) is 0 Å². The Balaban J connectivity index is 2.18. The van der Waals surface area contributed by atoms with Crippen LogP contribution in [-0.4, -0.2) is 17.0 Å². The summed E-state index contributed by atoms with van der Waals surface area (Å²) in [6.07, 6.45) is 0.316. The molecule has 2 nitrogen and oxygen atoms in total. The Labute approximate surface area is 62.2 Å². The molecule has 2 aliphatic rings. The Morgan fingerprint density at radius 3 is 2.18 bits per heavy atom. The molecule has 2 saturated carbocycles. The lowest BCUT2D eigenvalue weighted by molar-refractivity contribution is -0.206. The normalized spacial score (nSPS) is 36.4. The molecule has 0 aliphatic heterocycles. The van der Waals surface area contributed by atoms with E-state index in [2.05, 4.69) is 0 Å². The van der Waals surface area contributed by atoms with E-state index in [1.807, 2.05) is 0 Å². The molecule has 2 rings (SSSR count). The highest BCUT2D eigenvalue weighted by Gasteiger charge is 2.76. The molecule has 0 aromatic heterocycles. The number of halogens is 2. The number of carbonyl (C=O) groups is 1. The van der Waals surface area contributed by atoms with E-state index in [1.54, 1.807) is 0 Å². The second-order valence-electron chi connectivity index (χ2n) is 3.46. The molecule has 0 bridgehead atoms. The molecule has 4 heteroatoms. The van der Waals surface area contributed by atoms with Gasteiger partial charge in [0.05, 0.1) is 5.92 Å². The van der Waals surface area contributed by atoms with Crippen molar-refractivity contribution in [2.45, 2.75) is 25.2 Å². The molecule has 0 aromatic carbocycles. The van der Waals surface area contributed by atoms with Crippen molar-refractivity contribution < 1.29 is 18.7 Å². The van der Waals surface area contributed by atoms with Gasteiger partial charge in [-0.2, -0.15) is 0 Å². The van der Waals surface area contributed by atoms with Crippen molar-refractivity contribution in [1.82, 2.24) is 0 Å². The van der Waals surface area contributed by atoms with Gasteiger partial charge in [-0.25, -0.2) is 8.78 Å². The highest BCUT2D eigenvalue weighted by atomic mass is 19.3. The lowest BCUT2D eigenvalue weighted by Gasteiger charge is -2.42. The number of alkyl halides is 2. The third-order valence-corrected chi connectivity index (χ3v) is 2.94. The van der Waals surface area contributed by atoms with Crippen LogP contribution in [0.4, 0.5) is 8.78 Å². The summed E-state index contributed by atoms with van der Waals surface area (Å²) >= 11 is 0. The van der Waals surface area contributed by atoms with Gasteiger partial charge >= 0.3 is 5.97 Å². The van der Waals surface area contributed by atoms with Crippen molar-refractivity contribution in [2.24, 2.45) is 11.3 Å². The van der Waals surface area contributed by atoms with Crippen molar-refractivity contribution in [3.63, 3.8) is 0 Å². The minimum atomic E-state index is -2.70. The van der Waals surface area contributed by atoms with Gasteiger partial charge in [-0.3, -0.25) is 4.79 Å². The Kier molecular flexibility index (Phi) is 0.997. The van der Waals surface area contributed by atoms with Gasteiger partial charge in [0.15, 0.2) is 0 Å². The monoisotopic (exact) mass is 162 g/mol. The summed E-state index contributed by atoms with van der Waals surface area (Å²) in [5.41, 5.74) is -1.13. The molecule has 0 saturated heterocycles. The van der Waals surface area contributed by atoms with E-state index in [1.165, 1.54) is 0 Å². The number of carboxylic acid groups (broad SMARTS) is 1. The van der Waals surface area contributed by atoms with Crippen LogP contribution in [0.2, 0.25) is 0 Å². The van der Waals surface area contributed by atoms with Crippen LogP contribution in [-0.2, 0) is 4.79 Å². The van der Waals surface area contributed by atoms with Crippen LogP contribution in [0, 0.1) is 11.3 Å². The fourth-order valence-corrected chi connectivity index (χ4v) is 1.95. The predicted octanol–water partition coefficient (Wildman–Crippen LogP) is 1.51. The molecule has 2 fully saturated rings. The highest BCUT2D eigenvalue weighted by molar-refractivity contribution is 5.74. The second kappa shape index (κ2) is 1.57. The largest absolute Gasteiger partial charge is 0.481 e. The average molecular weight is 162 g/mol. The molecule has 1 unspecified atom stereocenters. The molecule has 0 aromatic rings. The van der Waals surface area contributed by atoms with Crippen LogP contribution in [0.3, 0.4) is 0 Å². The summed E-state index contributed by atoms with van der Waals surface area (Å²) in [6.45, 7) is 0. The summed E-state index contributed by atoms with van der Waals surface area (Å²) in [6, 6.07) is 0. The summed E-state index contributed by atoms with van der Waals surface area (Å²) in [5.74, 6) is -4.54. The lowest BCUT2D eigenvalue weighted by Crippen LogP contribution is -2.52. The number of hydrogen-bond acceptors (Lipinski definition) is 1. The molecular weight excluding hydrogens is 154 g/mol. The van der Waals surface area contributed by atoms with Gasteiger partial charge in [0.2, 0.25) is 0 Å². The van der Waals surface area contributed by atoms with Gasteiger partial charge < -0.3 is 5.11 Å². The fraction of sp³-hybridized carbons (Fsp3) is 0.857. The minimum Gasteiger partial charge on any atom is -0.481 e. The fourth-order valence-electron chi connectivity index (χ4n) is 1.95. The number of aliphatic carboxylic acids is 1. The lowest BCUT2D eigenvalue weighted by atomic mass is 9.67. The van der Waals surface area contributed by atoms with E-state index < -0.39 is 29.6 Å². The Hall–Kier alpha value is -0.670. The van der Waals surface area contributed by atoms with E-state index in [9.17, 15) is 13.6 Å². The predicted molar refractivity (Wildman–Crippen MR) is 32.4 cm³/mol. The van der Waals surface area contributed by atoms with Crippen LogP contribution in [0.5, 0.6) is 0 Å². The van der Waals surface area contributed by atoms with Gasteiger partial charge in [-0.05, 0) is 12.8 Å². The Morgan fingerprint density at radius 2 is 2.00 bits per heavy atom.